The number of aromatic nitrogens is 3. The first kappa shape index (κ1) is 15.8. The third kappa shape index (κ3) is 2.78. The standard InChI is InChI=1S/C19H21N5O/c1-22(2)11-17-14-10-24(12-18(14)23(3)21-17)19(25)16-9-8-13-6-4-5-7-15(13)20-16/h4-9H,10-12H2,1-3H3. The summed E-state index contributed by atoms with van der Waals surface area (Å²) in [6.07, 6.45) is 0. The predicted molar refractivity (Wildman–Crippen MR) is 95.9 cm³/mol. The van der Waals surface area contributed by atoms with Crippen molar-refractivity contribution in [1.29, 1.82) is 0 Å². The largest absolute Gasteiger partial charge is 0.327 e. The number of carbonyl (C=O) groups excluding carboxylic acids is 1. The van der Waals surface area contributed by atoms with E-state index in [2.05, 4.69) is 15.0 Å². The second kappa shape index (κ2) is 5.97. The Morgan fingerprint density at radius 1 is 1.16 bits per heavy atom. The second-order valence-electron chi connectivity index (χ2n) is 6.78. The number of rotatable bonds is 3. The molecule has 2 aromatic heterocycles. The summed E-state index contributed by atoms with van der Waals surface area (Å²) in [6.45, 7) is 1.96. The van der Waals surface area contributed by atoms with Crippen molar-refractivity contribution in [3.05, 3.63) is 59.0 Å². The summed E-state index contributed by atoms with van der Waals surface area (Å²) in [5.74, 6) is -0.0299. The number of fused-ring (bicyclic) bond motifs is 2. The second-order valence-corrected chi connectivity index (χ2v) is 6.78. The van der Waals surface area contributed by atoms with Gasteiger partial charge in [0.15, 0.2) is 0 Å². The highest BCUT2D eigenvalue weighted by molar-refractivity contribution is 5.95. The van der Waals surface area contributed by atoms with Gasteiger partial charge in [-0.2, -0.15) is 5.10 Å². The maximum atomic E-state index is 12.9. The van der Waals surface area contributed by atoms with E-state index in [1.165, 1.54) is 5.56 Å². The van der Waals surface area contributed by atoms with E-state index in [9.17, 15) is 4.79 Å². The van der Waals surface area contributed by atoms with E-state index < -0.39 is 0 Å². The molecule has 4 rings (SSSR count). The first-order valence-corrected chi connectivity index (χ1v) is 8.36. The van der Waals surface area contributed by atoms with E-state index in [4.69, 9.17) is 0 Å². The van der Waals surface area contributed by atoms with Gasteiger partial charge >= 0.3 is 0 Å². The number of hydrogen-bond acceptors (Lipinski definition) is 4. The van der Waals surface area contributed by atoms with Gasteiger partial charge in [-0.1, -0.05) is 24.3 Å². The molecule has 0 aliphatic carbocycles. The van der Waals surface area contributed by atoms with Crippen LogP contribution in [0.2, 0.25) is 0 Å². The molecule has 0 fully saturated rings. The first-order chi connectivity index (χ1) is 12.0. The monoisotopic (exact) mass is 335 g/mol. The summed E-state index contributed by atoms with van der Waals surface area (Å²) in [5, 5.41) is 5.64. The van der Waals surface area contributed by atoms with E-state index in [0.29, 0.717) is 18.8 Å². The van der Waals surface area contributed by atoms with Crippen molar-refractivity contribution in [1.82, 2.24) is 24.6 Å². The van der Waals surface area contributed by atoms with Crippen LogP contribution in [-0.2, 0) is 26.7 Å². The molecule has 3 aromatic rings. The summed E-state index contributed by atoms with van der Waals surface area (Å²) in [7, 11) is 6.00. The Bertz CT molecular complexity index is 960. The van der Waals surface area contributed by atoms with Gasteiger partial charge in [0.2, 0.25) is 0 Å². The Morgan fingerprint density at radius 3 is 2.76 bits per heavy atom. The van der Waals surface area contributed by atoms with Gasteiger partial charge in [0.25, 0.3) is 5.91 Å². The molecule has 0 atom stereocenters. The van der Waals surface area contributed by atoms with Crippen LogP contribution >= 0.6 is 0 Å². The molecule has 1 aliphatic heterocycles. The van der Waals surface area contributed by atoms with Crippen LogP contribution in [0.1, 0.15) is 27.4 Å². The van der Waals surface area contributed by atoms with E-state index >= 15 is 0 Å². The van der Waals surface area contributed by atoms with Gasteiger partial charge in [-0.15, -0.1) is 0 Å². The van der Waals surface area contributed by atoms with Crippen LogP contribution in [0, 0.1) is 0 Å². The maximum Gasteiger partial charge on any atom is 0.273 e. The molecular formula is C19H21N5O. The molecular weight excluding hydrogens is 314 g/mol. The lowest BCUT2D eigenvalue weighted by molar-refractivity contribution is 0.0742. The molecule has 6 heteroatoms. The highest BCUT2D eigenvalue weighted by atomic mass is 16.2. The summed E-state index contributed by atoms with van der Waals surface area (Å²) in [4.78, 5) is 21.4. The van der Waals surface area contributed by atoms with Crippen LogP contribution in [0.5, 0.6) is 0 Å². The number of nitrogens with zero attached hydrogens (tertiary/aromatic N) is 5. The summed E-state index contributed by atoms with van der Waals surface area (Å²) < 4.78 is 1.90. The number of benzene rings is 1. The third-order valence-corrected chi connectivity index (χ3v) is 4.62. The maximum absolute atomic E-state index is 12.9. The Morgan fingerprint density at radius 2 is 1.96 bits per heavy atom. The fourth-order valence-electron chi connectivity index (χ4n) is 3.39. The minimum absolute atomic E-state index is 0.0299. The zero-order chi connectivity index (χ0) is 17.6. The lowest BCUT2D eigenvalue weighted by Crippen LogP contribution is -2.27. The van der Waals surface area contributed by atoms with Crippen molar-refractivity contribution in [2.24, 2.45) is 7.05 Å². The van der Waals surface area contributed by atoms with Gasteiger partial charge in [0.1, 0.15) is 5.69 Å². The molecule has 0 N–H and O–H groups in total. The first-order valence-electron chi connectivity index (χ1n) is 8.36. The molecule has 1 amide bonds. The quantitative estimate of drug-likeness (QED) is 0.736. The van der Waals surface area contributed by atoms with E-state index in [1.807, 2.05) is 67.1 Å². The molecule has 1 aliphatic rings. The topological polar surface area (TPSA) is 54.3 Å². The number of hydrogen-bond donors (Lipinski definition) is 0. The van der Waals surface area contributed by atoms with Gasteiger partial charge < -0.3 is 9.80 Å². The van der Waals surface area contributed by atoms with Crippen LogP contribution < -0.4 is 0 Å². The van der Waals surface area contributed by atoms with Crippen molar-refractivity contribution in [3.63, 3.8) is 0 Å². The van der Waals surface area contributed by atoms with Crippen LogP contribution in [-0.4, -0.2) is 44.6 Å². The van der Waals surface area contributed by atoms with E-state index in [-0.39, 0.29) is 5.91 Å². The average Bonchev–Trinajstić information content (AvgIpc) is 3.15. The third-order valence-electron chi connectivity index (χ3n) is 4.62. The Labute approximate surface area is 146 Å². The van der Waals surface area contributed by atoms with E-state index in [1.54, 1.807) is 0 Å². The van der Waals surface area contributed by atoms with Gasteiger partial charge in [-0.3, -0.25) is 9.48 Å². The lowest BCUT2D eigenvalue weighted by Gasteiger charge is -2.16. The number of para-hydroxylation sites is 1. The van der Waals surface area contributed by atoms with Gasteiger partial charge in [0, 0.05) is 24.5 Å². The molecule has 6 nitrogen and oxygen atoms in total. The van der Waals surface area contributed by atoms with Gasteiger partial charge in [-0.25, -0.2) is 4.98 Å². The molecule has 0 radical (unpaired) electrons. The Kier molecular flexibility index (Phi) is 3.77. The van der Waals surface area contributed by atoms with Crippen molar-refractivity contribution < 1.29 is 4.79 Å². The van der Waals surface area contributed by atoms with Crippen molar-refractivity contribution in [3.8, 4) is 0 Å². The molecule has 25 heavy (non-hydrogen) atoms. The Hall–Kier alpha value is -2.73. The number of aryl methyl sites for hydroxylation is 1. The van der Waals surface area contributed by atoms with Crippen molar-refractivity contribution >= 4 is 16.8 Å². The zero-order valence-corrected chi connectivity index (χ0v) is 14.7. The van der Waals surface area contributed by atoms with Gasteiger partial charge in [0.05, 0.1) is 30.0 Å². The molecule has 0 saturated heterocycles. The zero-order valence-electron chi connectivity index (χ0n) is 14.7. The predicted octanol–water partition coefficient (Wildman–Crippen LogP) is 2.19. The highest BCUT2D eigenvalue weighted by Gasteiger charge is 2.30. The Balaban J connectivity index is 1.61. The van der Waals surface area contributed by atoms with Crippen LogP contribution in [0.3, 0.4) is 0 Å². The fraction of sp³-hybridized carbons (Fsp3) is 0.316. The van der Waals surface area contributed by atoms with Crippen LogP contribution in [0.15, 0.2) is 36.4 Å². The number of amides is 1. The van der Waals surface area contributed by atoms with Crippen LogP contribution in [0.4, 0.5) is 0 Å². The molecule has 1 aromatic carbocycles. The fourth-order valence-corrected chi connectivity index (χ4v) is 3.39. The number of carbonyl (C=O) groups is 1. The SMILES string of the molecule is CN(C)Cc1nn(C)c2c1CN(C(=O)c1ccc3ccccc3n1)C2. The normalized spacial score (nSPS) is 13.7. The molecule has 0 bridgehead atoms. The van der Waals surface area contributed by atoms with Crippen molar-refractivity contribution in [2.75, 3.05) is 14.1 Å². The lowest BCUT2D eigenvalue weighted by atomic mass is 10.2. The molecule has 0 saturated carbocycles. The average molecular weight is 335 g/mol. The molecule has 0 spiro atoms. The van der Waals surface area contributed by atoms with Crippen LogP contribution in [0.25, 0.3) is 10.9 Å². The molecule has 3 heterocycles. The molecule has 128 valence electrons. The summed E-state index contributed by atoms with van der Waals surface area (Å²) >= 11 is 0. The number of pyridine rings is 1. The van der Waals surface area contributed by atoms with Gasteiger partial charge in [-0.05, 0) is 26.2 Å². The minimum atomic E-state index is -0.0299. The minimum Gasteiger partial charge on any atom is -0.327 e. The smallest absolute Gasteiger partial charge is 0.273 e. The summed E-state index contributed by atoms with van der Waals surface area (Å²) in [5.41, 5.74) is 4.68. The van der Waals surface area contributed by atoms with E-state index in [0.717, 1.165) is 28.8 Å². The highest BCUT2D eigenvalue weighted by Crippen LogP contribution is 2.27. The molecule has 0 unspecified atom stereocenters. The van der Waals surface area contributed by atoms with Crippen molar-refractivity contribution in [2.45, 2.75) is 19.6 Å². The summed E-state index contributed by atoms with van der Waals surface area (Å²) in [6, 6.07) is 11.6.